The highest BCUT2D eigenvalue weighted by Crippen LogP contribution is 2.17. The lowest BCUT2D eigenvalue weighted by Crippen LogP contribution is -1.76. The molecule has 0 radical (unpaired) electrons. The summed E-state index contributed by atoms with van der Waals surface area (Å²) in [5, 5.41) is 0. The molecule has 0 spiro atoms. The molecule has 1 aromatic carbocycles. The largest absolute Gasteiger partial charge is 0.412 e. The monoisotopic (exact) mass is 170 g/mol. The normalized spacial score (nSPS) is 10.3. The average molecular weight is 170 g/mol. The van der Waals surface area contributed by atoms with E-state index in [-0.39, 0.29) is 16.4 Å². The maximum atomic E-state index is 2.20. The molecule has 3 heteroatoms. The summed E-state index contributed by atoms with van der Waals surface area (Å²) in [5.74, 6) is 0. The molecule has 0 amide bonds. The minimum atomic E-state index is 0. The average Bonchev–Trinajstić information content (AvgIpc) is 2.33. The minimum absolute atomic E-state index is 0. The van der Waals surface area contributed by atoms with Crippen LogP contribution in [-0.2, 0) is 6.42 Å². The highest BCUT2D eigenvalue weighted by atomic mass is 16.0. The zero-order valence-electron chi connectivity index (χ0n) is 6.67. The summed E-state index contributed by atoms with van der Waals surface area (Å²) >= 11 is 0. The van der Waals surface area contributed by atoms with E-state index in [1.807, 2.05) is 0 Å². The lowest BCUT2D eigenvalue weighted by Gasteiger charge is -1.93. The molecule has 0 aliphatic heterocycles. The molecule has 0 saturated carbocycles. The number of benzene rings is 1. The summed E-state index contributed by atoms with van der Waals surface area (Å²) in [6.07, 6.45) is 5.50. The third-order valence-electron chi connectivity index (χ3n) is 1.69. The predicted molar refractivity (Wildman–Crippen MR) is 50.0 cm³/mol. The van der Waals surface area contributed by atoms with Gasteiger partial charge in [0.25, 0.3) is 0 Å². The zero-order valence-corrected chi connectivity index (χ0v) is 6.67. The van der Waals surface area contributed by atoms with E-state index in [0.717, 1.165) is 6.42 Å². The Hall–Kier alpha value is -1.16. The Bertz CT molecular complexity index is 256. The molecule has 0 fully saturated rings. The topological polar surface area (TPSA) is 94.5 Å². The van der Waals surface area contributed by atoms with Gasteiger partial charge >= 0.3 is 0 Å². The molecule has 6 N–H and O–H groups in total. The first-order valence-electron chi connectivity index (χ1n) is 3.21. The second-order valence-electron chi connectivity index (χ2n) is 2.31. The van der Waals surface area contributed by atoms with Crippen molar-refractivity contribution in [3.8, 4) is 0 Å². The zero-order chi connectivity index (χ0) is 6.10. The van der Waals surface area contributed by atoms with Crippen LogP contribution in [-0.4, -0.2) is 16.4 Å². The molecular formula is C9H14O3. The van der Waals surface area contributed by atoms with Gasteiger partial charge < -0.3 is 16.4 Å². The van der Waals surface area contributed by atoms with Crippen LogP contribution in [0.3, 0.4) is 0 Å². The van der Waals surface area contributed by atoms with Crippen LogP contribution in [0.5, 0.6) is 0 Å². The summed E-state index contributed by atoms with van der Waals surface area (Å²) in [5.41, 5.74) is 2.84. The SMILES string of the molecule is C1=Cc2ccccc2C1.O.O.O. The van der Waals surface area contributed by atoms with Crippen LogP contribution in [0, 0.1) is 0 Å². The Morgan fingerprint density at radius 1 is 0.917 bits per heavy atom. The number of hydrogen-bond donors (Lipinski definition) is 0. The van der Waals surface area contributed by atoms with Crippen LogP contribution in [0.2, 0.25) is 0 Å². The lowest BCUT2D eigenvalue weighted by atomic mass is 10.1. The molecule has 0 aromatic heterocycles. The second kappa shape index (κ2) is 5.49. The Kier molecular flexibility index (Phi) is 6.14. The lowest BCUT2D eigenvalue weighted by molar-refractivity contribution is 0.823. The molecule has 68 valence electrons. The smallest absolute Gasteiger partial charge is 0.00882 e. The van der Waals surface area contributed by atoms with Crippen LogP contribution < -0.4 is 0 Å². The predicted octanol–water partition coefficient (Wildman–Crippen LogP) is -0.218. The Morgan fingerprint density at radius 2 is 1.58 bits per heavy atom. The summed E-state index contributed by atoms with van der Waals surface area (Å²) in [4.78, 5) is 0. The van der Waals surface area contributed by atoms with Crippen molar-refractivity contribution in [2.45, 2.75) is 6.42 Å². The fourth-order valence-electron chi connectivity index (χ4n) is 1.20. The van der Waals surface area contributed by atoms with Gasteiger partial charge in [-0.05, 0) is 17.5 Å². The van der Waals surface area contributed by atoms with Crippen molar-refractivity contribution in [2.24, 2.45) is 0 Å². The van der Waals surface area contributed by atoms with Crippen molar-refractivity contribution >= 4 is 6.08 Å². The van der Waals surface area contributed by atoms with Crippen molar-refractivity contribution in [1.29, 1.82) is 0 Å². The highest BCUT2D eigenvalue weighted by molar-refractivity contribution is 5.59. The van der Waals surface area contributed by atoms with Crippen LogP contribution >= 0.6 is 0 Å². The summed E-state index contributed by atoms with van der Waals surface area (Å²) in [7, 11) is 0. The third-order valence-corrected chi connectivity index (χ3v) is 1.69. The van der Waals surface area contributed by atoms with Gasteiger partial charge in [0.05, 0.1) is 0 Å². The van der Waals surface area contributed by atoms with E-state index >= 15 is 0 Å². The van der Waals surface area contributed by atoms with Gasteiger partial charge in [0, 0.05) is 0 Å². The first-order chi connectivity index (χ1) is 4.47. The summed E-state index contributed by atoms with van der Waals surface area (Å²) < 4.78 is 0. The van der Waals surface area contributed by atoms with Gasteiger partial charge in [-0.1, -0.05) is 36.4 Å². The molecular weight excluding hydrogens is 156 g/mol. The quantitative estimate of drug-likeness (QED) is 0.514. The van der Waals surface area contributed by atoms with E-state index in [1.54, 1.807) is 0 Å². The second-order valence-corrected chi connectivity index (χ2v) is 2.31. The van der Waals surface area contributed by atoms with Crippen molar-refractivity contribution in [3.63, 3.8) is 0 Å². The molecule has 0 heterocycles. The molecule has 1 aliphatic carbocycles. The van der Waals surface area contributed by atoms with E-state index in [4.69, 9.17) is 0 Å². The van der Waals surface area contributed by atoms with Crippen molar-refractivity contribution < 1.29 is 16.4 Å². The maximum Gasteiger partial charge on any atom is -0.00882 e. The number of hydrogen-bond acceptors (Lipinski definition) is 0. The van der Waals surface area contributed by atoms with Gasteiger partial charge in [0.1, 0.15) is 0 Å². The van der Waals surface area contributed by atoms with E-state index in [2.05, 4.69) is 36.4 Å². The van der Waals surface area contributed by atoms with Crippen LogP contribution in [0.1, 0.15) is 11.1 Å². The molecule has 0 bridgehead atoms. The molecule has 12 heavy (non-hydrogen) atoms. The van der Waals surface area contributed by atoms with Crippen LogP contribution in [0.15, 0.2) is 30.3 Å². The molecule has 0 atom stereocenters. The van der Waals surface area contributed by atoms with Gasteiger partial charge in [-0.3, -0.25) is 0 Å². The Morgan fingerprint density at radius 3 is 2.25 bits per heavy atom. The molecule has 1 aromatic rings. The van der Waals surface area contributed by atoms with Crippen LogP contribution in [0.4, 0.5) is 0 Å². The summed E-state index contributed by atoms with van der Waals surface area (Å²) in [6.45, 7) is 0. The van der Waals surface area contributed by atoms with Gasteiger partial charge in [-0.2, -0.15) is 0 Å². The van der Waals surface area contributed by atoms with E-state index < -0.39 is 0 Å². The Balaban J connectivity index is 0. The van der Waals surface area contributed by atoms with E-state index in [9.17, 15) is 0 Å². The van der Waals surface area contributed by atoms with Crippen LogP contribution in [0.25, 0.3) is 6.08 Å². The highest BCUT2D eigenvalue weighted by Gasteiger charge is 2.00. The summed E-state index contributed by atoms with van der Waals surface area (Å²) in [6, 6.07) is 8.49. The van der Waals surface area contributed by atoms with Gasteiger partial charge in [-0.25, -0.2) is 0 Å². The van der Waals surface area contributed by atoms with Gasteiger partial charge in [0.15, 0.2) is 0 Å². The minimum Gasteiger partial charge on any atom is -0.412 e. The van der Waals surface area contributed by atoms with E-state index in [1.165, 1.54) is 11.1 Å². The first kappa shape index (κ1) is 13.4. The molecule has 3 nitrogen and oxygen atoms in total. The standard InChI is InChI=1S/C9H8.3H2O/c1-2-5-9-7-3-6-8(9)4-1;;;/h1-6H,7H2;3*1H2. The number of fused-ring (bicyclic) bond motifs is 1. The fraction of sp³-hybridized carbons (Fsp3) is 0.111. The fourth-order valence-corrected chi connectivity index (χ4v) is 1.20. The first-order valence-corrected chi connectivity index (χ1v) is 3.21. The number of allylic oxidation sites excluding steroid dienone is 1. The van der Waals surface area contributed by atoms with E-state index in [0.29, 0.717) is 0 Å². The third kappa shape index (κ3) is 2.17. The molecule has 0 unspecified atom stereocenters. The molecule has 0 saturated heterocycles. The van der Waals surface area contributed by atoms with Crippen molar-refractivity contribution in [3.05, 3.63) is 41.5 Å². The number of rotatable bonds is 0. The van der Waals surface area contributed by atoms with Gasteiger partial charge in [0.2, 0.25) is 0 Å². The maximum absolute atomic E-state index is 2.20. The van der Waals surface area contributed by atoms with Crippen molar-refractivity contribution in [2.75, 3.05) is 0 Å². The molecule has 2 rings (SSSR count). The molecule has 1 aliphatic rings. The van der Waals surface area contributed by atoms with Crippen molar-refractivity contribution in [1.82, 2.24) is 0 Å². The van der Waals surface area contributed by atoms with Gasteiger partial charge in [-0.15, -0.1) is 0 Å². The Labute approximate surface area is 71.3 Å².